The standard InChI is InChI=1S/C7H5N3O2S/c8-3-5-1-2-9-7(10-5)13-4-6(11)12/h1-2H,4H2,(H,11,12). The van der Waals surface area contributed by atoms with Crippen LogP contribution < -0.4 is 0 Å². The monoisotopic (exact) mass is 195 g/mol. The molecule has 0 saturated heterocycles. The maximum atomic E-state index is 10.2. The molecule has 0 spiro atoms. The van der Waals surface area contributed by atoms with E-state index < -0.39 is 5.97 Å². The second kappa shape index (κ2) is 4.42. The summed E-state index contributed by atoms with van der Waals surface area (Å²) in [5, 5.41) is 17.1. The SMILES string of the molecule is N#Cc1ccnc(SCC(=O)O)n1. The van der Waals surface area contributed by atoms with E-state index in [1.807, 2.05) is 6.07 Å². The first kappa shape index (κ1) is 9.48. The molecule has 66 valence electrons. The third-order valence-corrected chi connectivity index (χ3v) is 1.92. The Kier molecular flexibility index (Phi) is 3.23. The summed E-state index contributed by atoms with van der Waals surface area (Å²) >= 11 is 0.985. The molecule has 0 bridgehead atoms. The van der Waals surface area contributed by atoms with Gasteiger partial charge in [0.25, 0.3) is 0 Å². The highest BCUT2D eigenvalue weighted by molar-refractivity contribution is 7.99. The van der Waals surface area contributed by atoms with Crippen molar-refractivity contribution in [2.45, 2.75) is 5.16 Å². The topological polar surface area (TPSA) is 86.9 Å². The Hall–Kier alpha value is -1.61. The summed E-state index contributed by atoms with van der Waals surface area (Å²) < 4.78 is 0. The van der Waals surface area contributed by atoms with Gasteiger partial charge in [-0.1, -0.05) is 11.8 Å². The first-order valence-electron chi connectivity index (χ1n) is 3.30. The predicted molar refractivity (Wildman–Crippen MR) is 45.1 cm³/mol. The lowest BCUT2D eigenvalue weighted by Crippen LogP contribution is -1.99. The third-order valence-electron chi connectivity index (χ3n) is 1.07. The second-order valence-corrected chi connectivity index (χ2v) is 2.96. The summed E-state index contributed by atoms with van der Waals surface area (Å²) in [6.45, 7) is 0. The number of nitriles is 1. The van der Waals surface area contributed by atoms with Gasteiger partial charge in [0.05, 0.1) is 5.75 Å². The molecule has 0 radical (unpaired) electrons. The number of carbonyl (C=O) groups is 1. The van der Waals surface area contributed by atoms with Crippen LogP contribution in [0.5, 0.6) is 0 Å². The Labute approximate surface area is 78.4 Å². The summed E-state index contributed by atoms with van der Waals surface area (Å²) in [6, 6.07) is 3.31. The maximum Gasteiger partial charge on any atom is 0.313 e. The normalized spacial score (nSPS) is 9.15. The molecule has 0 aromatic carbocycles. The Morgan fingerprint density at radius 1 is 1.77 bits per heavy atom. The summed E-state index contributed by atoms with van der Waals surface area (Å²) in [6.07, 6.45) is 1.43. The van der Waals surface area contributed by atoms with Crippen LogP contribution in [0.1, 0.15) is 5.69 Å². The first-order valence-corrected chi connectivity index (χ1v) is 4.28. The van der Waals surface area contributed by atoms with Gasteiger partial charge in [0, 0.05) is 6.20 Å². The Balaban J connectivity index is 2.68. The van der Waals surface area contributed by atoms with E-state index >= 15 is 0 Å². The van der Waals surface area contributed by atoms with E-state index in [4.69, 9.17) is 10.4 Å². The van der Waals surface area contributed by atoms with Crippen LogP contribution in [0.25, 0.3) is 0 Å². The lowest BCUT2D eigenvalue weighted by molar-refractivity contribution is -0.133. The number of aromatic nitrogens is 2. The van der Waals surface area contributed by atoms with Crippen LogP contribution in [0, 0.1) is 11.3 Å². The Bertz CT molecular complexity index is 361. The summed E-state index contributed by atoms with van der Waals surface area (Å²) in [4.78, 5) is 17.8. The van der Waals surface area contributed by atoms with E-state index in [0.717, 1.165) is 11.8 Å². The highest BCUT2D eigenvalue weighted by Crippen LogP contribution is 2.11. The van der Waals surface area contributed by atoms with Crippen molar-refractivity contribution in [3.8, 4) is 6.07 Å². The molecule has 1 aromatic heterocycles. The molecular formula is C7H5N3O2S. The molecule has 0 amide bonds. The molecule has 0 unspecified atom stereocenters. The molecule has 1 rings (SSSR count). The zero-order valence-corrected chi connectivity index (χ0v) is 7.28. The maximum absolute atomic E-state index is 10.2. The van der Waals surface area contributed by atoms with E-state index in [1.54, 1.807) is 0 Å². The fourth-order valence-electron chi connectivity index (χ4n) is 0.599. The minimum Gasteiger partial charge on any atom is -0.481 e. The average Bonchev–Trinajstić information content (AvgIpc) is 2.15. The predicted octanol–water partition coefficient (Wildman–Crippen LogP) is 0.525. The number of rotatable bonds is 3. The number of hydrogen-bond acceptors (Lipinski definition) is 5. The van der Waals surface area contributed by atoms with Crippen LogP contribution >= 0.6 is 11.8 Å². The van der Waals surface area contributed by atoms with E-state index in [0.29, 0.717) is 5.16 Å². The molecule has 0 atom stereocenters. The van der Waals surface area contributed by atoms with Crippen molar-refractivity contribution >= 4 is 17.7 Å². The minimum absolute atomic E-state index is 0.102. The number of hydrogen-bond donors (Lipinski definition) is 1. The number of carboxylic acids is 1. The van der Waals surface area contributed by atoms with Crippen LogP contribution in [0.3, 0.4) is 0 Å². The highest BCUT2D eigenvalue weighted by atomic mass is 32.2. The Morgan fingerprint density at radius 2 is 2.54 bits per heavy atom. The number of nitrogens with zero attached hydrogens (tertiary/aromatic N) is 3. The van der Waals surface area contributed by atoms with E-state index in [9.17, 15) is 4.79 Å². The van der Waals surface area contributed by atoms with Crippen molar-refractivity contribution in [3.05, 3.63) is 18.0 Å². The van der Waals surface area contributed by atoms with Gasteiger partial charge in [0.2, 0.25) is 0 Å². The van der Waals surface area contributed by atoms with Crippen LogP contribution in [-0.2, 0) is 4.79 Å². The number of carboxylic acid groups (broad SMARTS) is 1. The minimum atomic E-state index is -0.934. The van der Waals surface area contributed by atoms with Gasteiger partial charge in [-0.15, -0.1) is 0 Å². The first-order chi connectivity index (χ1) is 6.22. The molecule has 1 N–H and O–H groups in total. The summed E-state index contributed by atoms with van der Waals surface area (Å²) in [5.74, 6) is -1.04. The van der Waals surface area contributed by atoms with E-state index in [1.165, 1.54) is 12.3 Å². The number of thioether (sulfide) groups is 1. The van der Waals surface area contributed by atoms with Gasteiger partial charge in [0.15, 0.2) is 5.16 Å². The van der Waals surface area contributed by atoms with Gasteiger partial charge in [-0.2, -0.15) is 5.26 Å². The van der Waals surface area contributed by atoms with Gasteiger partial charge >= 0.3 is 5.97 Å². The van der Waals surface area contributed by atoms with Crippen molar-refractivity contribution in [2.24, 2.45) is 0 Å². The lowest BCUT2D eigenvalue weighted by atomic mass is 10.5. The zero-order valence-electron chi connectivity index (χ0n) is 6.47. The molecule has 0 aliphatic carbocycles. The van der Waals surface area contributed by atoms with Crippen molar-refractivity contribution < 1.29 is 9.90 Å². The zero-order chi connectivity index (χ0) is 9.68. The van der Waals surface area contributed by atoms with Gasteiger partial charge in [0.1, 0.15) is 11.8 Å². The molecule has 0 aliphatic rings. The highest BCUT2D eigenvalue weighted by Gasteiger charge is 2.02. The molecule has 0 aliphatic heterocycles. The smallest absolute Gasteiger partial charge is 0.313 e. The molecule has 13 heavy (non-hydrogen) atoms. The molecule has 5 nitrogen and oxygen atoms in total. The van der Waals surface area contributed by atoms with Crippen LogP contribution in [0.4, 0.5) is 0 Å². The van der Waals surface area contributed by atoms with Crippen LogP contribution in [0.15, 0.2) is 17.4 Å². The van der Waals surface area contributed by atoms with Gasteiger partial charge in [-0.05, 0) is 6.07 Å². The van der Waals surface area contributed by atoms with Crippen molar-refractivity contribution in [1.82, 2.24) is 9.97 Å². The van der Waals surface area contributed by atoms with Crippen LogP contribution in [0.2, 0.25) is 0 Å². The van der Waals surface area contributed by atoms with Crippen LogP contribution in [-0.4, -0.2) is 26.8 Å². The lowest BCUT2D eigenvalue weighted by Gasteiger charge is -1.95. The van der Waals surface area contributed by atoms with E-state index in [-0.39, 0.29) is 11.4 Å². The second-order valence-electron chi connectivity index (χ2n) is 2.02. The summed E-state index contributed by atoms with van der Waals surface area (Å²) in [5.41, 5.74) is 0.239. The number of aliphatic carboxylic acids is 1. The van der Waals surface area contributed by atoms with Gasteiger partial charge in [-0.25, -0.2) is 9.97 Å². The molecule has 1 heterocycles. The van der Waals surface area contributed by atoms with Crippen molar-refractivity contribution in [2.75, 3.05) is 5.75 Å². The third kappa shape index (κ3) is 3.09. The molecule has 1 aromatic rings. The average molecular weight is 195 g/mol. The fourth-order valence-corrected chi connectivity index (χ4v) is 1.15. The molecule has 0 saturated carbocycles. The largest absolute Gasteiger partial charge is 0.481 e. The van der Waals surface area contributed by atoms with Crippen molar-refractivity contribution in [1.29, 1.82) is 5.26 Å². The quantitative estimate of drug-likeness (QED) is 0.559. The summed E-state index contributed by atoms with van der Waals surface area (Å²) in [7, 11) is 0. The molecule has 0 fully saturated rings. The fraction of sp³-hybridized carbons (Fsp3) is 0.143. The Morgan fingerprint density at radius 3 is 3.15 bits per heavy atom. The van der Waals surface area contributed by atoms with Gasteiger partial charge < -0.3 is 5.11 Å². The molecular weight excluding hydrogens is 190 g/mol. The van der Waals surface area contributed by atoms with Gasteiger partial charge in [-0.3, -0.25) is 4.79 Å². The van der Waals surface area contributed by atoms with E-state index in [2.05, 4.69) is 9.97 Å². The van der Waals surface area contributed by atoms with Crippen molar-refractivity contribution in [3.63, 3.8) is 0 Å². The molecule has 6 heteroatoms.